The van der Waals surface area contributed by atoms with Gasteiger partial charge in [-0.15, -0.1) is 0 Å². The summed E-state index contributed by atoms with van der Waals surface area (Å²) in [6, 6.07) is 0. The monoisotopic (exact) mass is 225 g/mol. The quantitative estimate of drug-likeness (QED) is 0.825. The maximum absolute atomic E-state index is 5.32. The summed E-state index contributed by atoms with van der Waals surface area (Å²) in [5.41, 5.74) is 0.668. The van der Waals surface area contributed by atoms with Crippen molar-refractivity contribution in [2.24, 2.45) is 0 Å². The number of nitrogens with zero attached hydrogens (tertiary/aromatic N) is 2. The summed E-state index contributed by atoms with van der Waals surface area (Å²) in [5.74, 6) is 1.37. The van der Waals surface area contributed by atoms with Crippen molar-refractivity contribution in [2.75, 3.05) is 26.1 Å². The maximum atomic E-state index is 5.32. The number of nitrogens with one attached hydrogen (secondary N) is 1. The highest BCUT2D eigenvalue weighted by atomic mass is 16.5. The van der Waals surface area contributed by atoms with E-state index in [-0.39, 0.29) is 5.60 Å². The molecule has 0 atom stereocenters. The van der Waals surface area contributed by atoms with Gasteiger partial charge in [0.15, 0.2) is 0 Å². The maximum Gasteiger partial charge on any atom is 0.221 e. The molecule has 0 aliphatic carbocycles. The molecule has 1 aromatic rings. The van der Waals surface area contributed by atoms with Gasteiger partial charge in [0, 0.05) is 13.7 Å². The fourth-order valence-electron chi connectivity index (χ4n) is 1.19. The lowest BCUT2D eigenvalue weighted by molar-refractivity contribution is 0.0343. The van der Waals surface area contributed by atoms with Crippen LogP contribution in [0.25, 0.3) is 0 Å². The predicted molar refractivity (Wildman–Crippen MR) is 62.9 cm³/mol. The summed E-state index contributed by atoms with van der Waals surface area (Å²) in [4.78, 5) is 8.18. The molecule has 5 nitrogen and oxygen atoms in total. The van der Waals surface area contributed by atoms with Crippen molar-refractivity contribution in [2.45, 2.75) is 26.4 Å². The summed E-state index contributed by atoms with van der Waals surface area (Å²) >= 11 is 0. The summed E-state index contributed by atoms with van der Waals surface area (Å²) < 4.78 is 10.4. The SMILES string of the molecule is COc1ncnc(NCC(C)(C)OC)c1C. The van der Waals surface area contributed by atoms with Crippen LogP contribution in [0.3, 0.4) is 0 Å². The number of anilines is 1. The lowest BCUT2D eigenvalue weighted by atomic mass is 10.1. The Bertz CT molecular complexity index is 353. The van der Waals surface area contributed by atoms with Gasteiger partial charge < -0.3 is 14.8 Å². The highest BCUT2D eigenvalue weighted by Gasteiger charge is 2.17. The van der Waals surface area contributed by atoms with Crippen molar-refractivity contribution >= 4 is 5.82 Å². The smallest absolute Gasteiger partial charge is 0.221 e. The summed E-state index contributed by atoms with van der Waals surface area (Å²) in [6.45, 7) is 6.60. The van der Waals surface area contributed by atoms with Crippen LogP contribution in [0.15, 0.2) is 6.33 Å². The van der Waals surface area contributed by atoms with Crippen molar-refractivity contribution in [1.82, 2.24) is 9.97 Å². The number of rotatable bonds is 5. The van der Waals surface area contributed by atoms with Crippen LogP contribution in [0.1, 0.15) is 19.4 Å². The first-order chi connectivity index (χ1) is 7.50. The third-order valence-electron chi connectivity index (χ3n) is 2.47. The second kappa shape index (κ2) is 5.12. The van der Waals surface area contributed by atoms with E-state index >= 15 is 0 Å². The molecule has 16 heavy (non-hydrogen) atoms. The minimum atomic E-state index is -0.232. The van der Waals surface area contributed by atoms with Crippen LogP contribution in [0.5, 0.6) is 5.88 Å². The van der Waals surface area contributed by atoms with Gasteiger partial charge in [-0.2, -0.15) is 0 Å². The van der Waals surface area contributed by atoms with Crippen molar-refractivity contribution < 1.29 is 9.47 Å². The Kier molecular flexibility index (Phi) is 4.06. The van der Waals surface area contributed by atoms with Gasteiger partial charge in [-0.3, -0.25) is 0 Å². The first-order valence-electron chi connectivity index (χ1n) is 5.15. The molecule has 0 saturated carbocycles. The van der Waals surface area contributed by atoms with Crippen molar-refractivity contribution in [3.05, 3.63) is 11.9 Å². The summed E-state index contributed by atoms with van der Waals surface area (Å²) in [6.07, 6.45) is 1.48. The second-order valence-electron chi connectivity index (χ2n) is 4.17. The molecule has 1 N–H and O–H groups in total. The van der Waals surface area contributed by atoms with E-state index in [0.29, 0.717) is 12.4 Å². The van der Waals surface area contributed by atoms with Gasteiger partial charge >= 0.3 is 0 Å². The van der Waals surface area contributed by atoms with Crippen LogP contribution in [-0.2, 0) is 4.74 Å². The van der Waals surface area contributed by atoms with Crippen LogP contribution in [-0.4, -0.2) is 36.3 Å². The number of hydrogen-bond donors (Lipinski definition) is 1. The van der Waals surface area contributed by atoms with E-state index in [0.717, 1.165) is 11.4 Å². The number of hydrogen-bond acceptors (Lipinski definition) is 5. The highest BCUT2D eigenvalue weighted by Crippen LogP contribution is 2.20. The molecule has 5 heteroatoms. The minimum absolute atomic E-state index is 0.232. The molecule has 90 valence electrons. The Morgan fingerprint density at radius 1 is 1.31 bits per heavy atom. The van der Waals surface area contributed by atoms with E-state index in [4.69, 9.17) is 9.47 Å². The van der Waals surface area contributed by atoms with E-state index in [1.165, 1.54) is 6.33 Å². The summed E-state index contributed by atoms with van der Waals surface area (Å²) in [7, 11) is 3.29. The van der Waals surface area contributed by atoms with Gasteiger partial charge in [0.1, 0.15) is 12.1 Å². The molecule has 0 aliphatic rings. The largest absolute Gasteiger partial charge is 0.481 e. The van der Waals surface area contributed by atoms with Crippen LogP contribution in [0.2, 0.25) is 0 Å². The third-order valence-corrected chi connectivity index (χ3v) is 2.47. The van der Waals surface area contributed by atoms with Crippen molar-refractivity contribution in [1.29, 1.82) is 0 Å². The lowest BCUT2D eigenvalue weighted by Gasteiger charge is -2.23. The van der Waals surface area contributed by atoms with Gasteiger partial charge in [-0.05, 0) is 20.8 Å². The Hall–Kier alpha value is -1.36. The van der Waals surface area contributed by atoms with E-state index in [1.807, 2.05) is 20.8 Å². The first kappa shape index (κ1) is 12.7. The fraction of sp³-hybridized carbons (Fsp3) is 0.636. The molecule has 0 aromatic carbocycles. The number of ether oxygens (including phenoxy) is 2. The average molecular weight is 225 g/mol. The zero-order valence-corrected chi connectivity index (χ0v) is 10.5. The Morgan fingerprint density at radius 2 is 2.00 bits per heavy atom. The zero-order chi connectivity index (χ0) is 12.2. The fourth-order valence-corrected chi connectivity index (χ4v) is 1.19. The van der Waals surface area contributed by atoms with Crippen LogP contribution >= 0.6 is 0 Å². The number of methoxy groups -OCH3 is 2. The molecule has 0 spiro atoms. The molecule has 0 bridgehead atoms. The lowest BCUT2D eigenvalue weighted by Crippen LogP contribution is -2.32. The molecule has 1 aromatic heterocycles. The topological polar surface area (TPSA) is 56.3 Å². The van der Waals surface area contributed by atoms with Gasteiger partial charge in [-0.1, -0.05) is 0 Å². The molecular formula is C11H19N3O2. The predicted octanol–water partition coefficient (Wildman–Crippen LogP) is 1.63. The summed E-state index contributed by atoms with van der Waals surface area (Å²) in [5, 5.41) is 3.22. The minimum Gasteiger partial charge on any atom is -0.481 e. The molecule has 1 heterocycles. The Morgan fingerprint density at radius 3 is 2.56 bits per heavy atom. The molecule has 0 fully saturated rings. The van der Waals surface area contributed by atoms with Crippen molar-refractivity contribution in [3.8, 4) is 5.88 Å². The van der Waals surface area contributed by atoms with E-state index in [1.54, 1.807) is 14.2 Å². The van der Waals surface area contributed by atoms with Gasteiger partial charge in [-0.25, -0.2) is 9.97 Å². The molecule has 0 saturated heterocycles. The molecule has 0 unspecified atom stereocenters. The third kappa shape index (κ3) is 3.06. The molecular weight excluding hydrogens is 206 g/mol. The van der Waals surface area contributed by atoms with Gasteiger partial charge in [0.25, 0.3) is 0 Å². The van der Waals surface area contributed by atoms with Crippen molar-refractivity contribution in [3.63, 3.8) is 0 Å². The molecule has 0 aliphatic heterocycles. The van der Waals surface area contributed by atoms with E-state index in [2.05, 4.69) is 15.3 Å². The molecule has 0 radical (unpaired) electrons. The van der Waals surface area contributed by atoms with Gasteiger partial charge in [0.2, 0.25) is 5.88 Å². The second-order valence-corrected chi connectivity index (χ2v) is 4.17. The normalized spacial score (nSPS) is 11.3. The van der Waals surface area contributed by atoms with Crippen LogP contribution in [0.4, 0.5) is 5.82 Å². The average Bonchev–Trinajstić information content (AvgIpc) is 2.28. The van der Waals surface area contributed by atoms with Gasteiger partial charge in [0.05, 0.1) is 18.3 Å². The van der Waals surface area contributed by atoms with E-state index in [9.17, 15) is 0 Å². The zero-order valence-electron chi connectivity index (χ0n) is 10.5. The number of aromatic nitrogens is 2. The van der Waals surface area contributed by atoms with Crippen LogP contribution < -0.4 is 10.1 Å². The first-order valence-corrected chi connectivity index (χ1v) is 5.15. The molecule has 0 amide bonds. The molecule has 1 rings (SSSR count). The Balaban J connectivity index is 2.75. The van der Waals surface area contributed by atoms with E-state index < -0.39 is 0 Å². The highest BCUT2D eigenvalue weighted by molar-refractivity contribution is 5.47. The van der Waals surface area contributed by atoms with Crippen LogP contribution in [0, 0.1) is 6.92 Å². The standard InChI is InChI=1S/C11H19N3O2/c1-8-9(12-6-11(2,3)16-5)13-7-14-10(8)15-4/h7H,6H2,1-5H3,(H,12,13,14). The Labute approximate surface area is 96.2 Å².